The Kier molecular flexibility index (Phi) is 5.31. The van der Waals surface area contributed by atoms with Crippen molar-refractivity contribution in [2.45, 2.75) is 33.7 Å². The van der Waals surface area contributed by atoms with Crippen LogP contribution in [0.25, 0.3) is 0 Å². The largest absolute Gasteiger partial charge is 0.358 e. The fourth-order valence-corrected chi connectivity index (χ4v) is 1.88. The van der Waals surface area contributed by atoms with E-state index in [9.17, 15) is 4.79 Å². The van der Waals surface area contributed by atoms with Crippen molar-refractivity contribution < 1.29 is 4.79 Å². The van der Waals surface area contributed by atoms with Gasteiger partial charge in [-0.3, -0.25) is 4.79 Å². The third-order valence-corrected chi connectivity index (χ3v) is 3.07. The third kappa shape index (κ3) is 3.44. The maximum absolute atomic E-state index is 12.1. The minimum absolute atomic E-state index is 0.0113. The molecule has 0 fully saturated rings. The first-order valence-electron chi connectivity index (χ1n) is 6.46. The molecule has 0 radical (unpaired) electrons. The zero-order valence-electron chi connectivity index (χ0n) is 11.9. The SMILES string of the molecule is CCN(CC)C(=O)C(C)Nc1nccc(C)c1C#N. The van der Waals surface area contributed by atoms with Crippen LogP contribution >= 0.6 is 0 Å². The van der Waals surface area contributed by atoms with Gasteiger partial charge in [-0.05, 0) is 39.3 Å². The number of aromatic nitrogens is 1. The van der Waals surface area contributed by atoms with Gasteiger partial charge in [0.05, 0.1) is 5.56 Å². The highest BCUT2D eigenvalue weighted by molar-refractivity contribution is 5.84. The van der Waals surface area contributed by atoms with Crippen LogP contribution in [0.1, 0.15) is 31.9 Å². The number of pyridine rings is 1. The predicted molar refractivity (Wildman–Crippen MR) is 74.7 cm³/mol. The summed E-state index contributed by atoms with van der Waals surface area (Å²) in [6.45, 7) is 8.87. The summed E-state index contributed by atoms with van der Waals surface area (Å²) in [6, 6.07) is 3.49. The number of hydrogen-bond donors (Lipinski definition) is 1. The molecule has 102 valence electrons. The molecule has 1 heterocycles. The van der Waals surface area contributed by atoms with Crippen LogP contribution in [-0.4, -0.2) is 34.9 Å². The Morgan fingerprint density at radius 2 is 2.16 bits per heavy atom. The van der Waals surface area contributed by atoms with E-state index < -0.39 is 6.04 Å². The number of carbonyl (C=O) groups excluding carboxylic acids is 1. The molecular weight excluding hydrogens is 240 g/mol. The van der Waals surface area contributed by atoms with E-state index in [1.54, 1.807) is 24.1 Å². The van der Waals surface area contributed by atoms with E-state index in [4.69, 9.17) is 5.26 Å². The number of nitrogens with zero attached hydrogens (tertiary/aromatic N) is 3. The summed E-state index contributed by atoms with van der Waals surface area (Å²) >= 11 is 0. The van der Waals surface area contributed by atoms with Crippen molar-refractivity contribution in [1.82, 2.24) is 9.88 Å². The van der Waals surface area contributed by atoms with Crippen molar-refractivity contribution in [2.24, 2.45) is 0 Å². The van der Waals surface area contributed by atoms with E-state index >= 15 is 0 Å². The lowest BCUT2D eigenvalue weighted by Gasteiger charge is -2.24. The molecule has 0 saturated carbocycles. The molecule has 0 spiro atoms. The van der Waals surface area contributed by atoms with Gasteiger partial charge in [-0.15, -0.1) is 0 Å². The standard InChI is InChI=1S/C14H20N4O/c1-5-18(6-2)14(19)11(4)17-13-12(9-15)10(3)7-8-16-13/h7-8,11H,5-6H2,1-4H3,(H,16,17). The van der Waals surface area contributed by atoms with Gasteiger partial charge in [0.15, 0.2) is 0 Å². The fraction of sp³-hybridized carbons (Fsp3) is 0.500. The van der Waals surface area contributed by atoms with Crippen LogP contribution < -0.4 is 5.32 Å². The Morgan fingerprint density at radius 3 is 2.68 bits per heavy atom. The van der Waals surface area contributed by atoms with Gasteiger partial charge < -0.3 is 10.2 Å². The Bertz CT molecular complexity index is 489. The van der Waals surface area contributed by atoms with E-state index in [0.717, 1.165) is 5.56 Å². The van der Waals surface area contributed by atoms with Gasteiger partial charge >= 0.3 is 0 Å². The molecule has 0 aliphatic heterocycles. The number of rotatable bonds is 5. The van der Waals surface area contributed by atoms with Crippen LogP contribution in [0.3, 0.4) is 0 Å². The lowest BCUT2D eigenvalue weighted by Crippen LogP contribution is -2.41. The van der Waals surface area contributed by atoms with E-state index in [1.165, 1.54) is 0 Å². The number of anilines is 1. The Labute approximate surface area is 114 Å². The molecule has 1 aromatic heterocycles. The van der Waals surface area contributed by atoms with Crippen molar-refractivity contribution in [2.75, 3.05) is 18.4 Å². The van der Waals surface area contributed by atoms with Crippen molar-refractivity contribution in [1.29, 1.82) is 5.26 Å². The van der Waals surface area contributed by atoms with Gasteiger partial charge in [0.25, 0.3) is 0 Å². The quantitative estimate of drug-likeness (QED) is 0.878. The van der Waals surface area contributed by atoms with Crippen LogP contribution in [-0.2, 0) is 4.79 Å². The summed E-state index contributed by atoms with van der Waals surface area (Å²) in [5, 5.41) is 12.2. The summed E-state index contributed by atoms with van der Waals surface area (Å²) in [6.07, 6.45) is 1.63. The number of nitriles is 1. The second-order valence-electron chi connectivity index (χ2n) is 4.34. The zero-order valence-corrected chi connectivity index (χ0v) is 11.9. The molecule has 1 amide bonds. The molecule has 0 bridgehead atoms. The van der Waals surface area contributed by atoms with E-state index in [2.05, 4.69) is 16.4 Å². The number of nitrogens with one attached hydrogen (secondary N) is 1. The van der Waals surface area contributed by atoms with Gasteiger partial charge in [-0.1, -0.05) is 0 Å². The summed E-state index contributed by atoms with van der Waals surface area (Å²) < 4.78 is 0. The van der Waals surface area contributed by atoms with Crippen LogP contribution in [0.4, 0.5) is 5.82 Å². The molecule has 1 N–H and O–H groups in total. The first-order chi connectivity index (χ1) is 9.04. The Morgan fingerprint density at radius 1 is 1.53 bits per heavy atom. The van der Waals surface area contributed by atoms with Crippen LogP contribution in [0, 0.1) is 18.3 Å². The maximum Gasteiger partial charge on any atom is 0.244 e. The number of hydrogen-bond acceptors (Lipinski definition) is 4. The molecule has 5 heteroatoms. The maximum atomic E-state index is 12.1. The second-order valence-corrected chi connectivity index (χ2v) is 4.34. The van der Waals surface area contributed by atoms with Gasteiger partial charge in [0.2, 0.25) is 5.91 Å². The van der Waals surface area contributed by atoms with E-state index in [1.807, 2.05) is 20.8 Å². The topological polar surface area (TPSA) is 69.0 Å². The highest BCUT2D eigenvalue weighted by Gasteiger charge is 2.19. The average molecular weight is 260 g/mol. The van der Waals surface area contributed by atoms with Crippen molar-refractivity contribution in [3.05, 3.63) is 23.4 Å². The summed E-state index contributed by atoms with van der Waals surface area (Å²) in [7, 11) is 0. The van der Waals surface area contributed by atoms with Gasteiger partial charge in [0.1, 0.15) is 17.9 Å². The summed E-state index contributed by atoms with van der Waals surface area (Å²) in [5.74, 6) is 0.479. The fourth-order valence-electron chi connectivity index (χ4n) is 1.88. The monoisotopic (exact) mass is 260 g/mol. The Balaban J connectivity index is 2.89. The predicted octanol–water partition coefficient (Wildman–Crippen LogP) is 1.93. The molecule has 1 unspecified atom stereocenters. The highest BCUT2D eigenvalue weighted by Crippen LogP contribution is 2.16. The summed E-state index contributed by atoms with van der Waals surface area (Å²) in [5.41, 5.74) is 1.34. The van der Waals surface area contributed by atoms with Gasteiger partial charge in [0, 0.05) is 19.3 Å². The number of aryl methyl sites for hydroxylation is 1. The minimum Gasteiger partial charge on any atom is -0.358 e. The molecule has 1 aromatic rings. The molecule has 0 saturated heterocycles. The normalized spacial score (nSPS) is 11.5. The van der Waals surface area contributed by atoms with Gasteiger partial charge in [-0.25, -0.2) is 4.98 Å². The van der Waals surface area contributed by atoms with Gasteiger partial charge in [-0.2, -0.15) is 5.26 Å². The molecule has 19 heavy (non-hydrogen) atoms. The molecule has 0 aromatic carbocycles. The molecule has 0 aliphatic rings. The smallest absolute Gasteiger partial charge is 0.244 e. The highest BCUT2D eigenvalue weighted by atomic mass is 16.2. The van der Waals surface area contributed by atoms with E-state index in [0.29, 0.717) is 24.5 Å². The third-order valence-electron chi connectivity index (χ3n) is 3.07. The first-order valence-corrected chi connectivity index (χ1v) is 6.46. The number of amides is 1. The summed E-state index contributed by atoms with van der Waals surface area (Å²) in [4.78, 5) is 18.0. The van der Waals surface area contributed by atoms with Crippen molar-refractivity contribution >= 4 is 11.7 Å². The van der Waals surface area contributed by atoms with E-state index in [-0.39, 0.29) is 5.91 Å². The van der Waals surface area contributed by atoms with Crippen LogP contribution in [0.5, 0.6) is 0 Å². The van der Waals surface area contributed by atoms with Crippen molar-refractivity contribution in [3.8, 4) is 6.07 Å². The average Bonchev–Trinajstić information content (AvgIpc) is 2.40. The lowest BCUT2D eigenvalue weighted by atomic mass is 10.1. The molecule has 1 atom stereocenters. The molecule has 0 aliphatic carbocycles. The molecular formula is C14H20N4O. The second kappa shape index (κ2) is 6.74. The minimum atomic E-state index is -0.402. The van der Waals surface area contributed by atoms with Crippen LogP contribution in [0.2, 0.25) is 0 Å². The number of carbonyl (C=O) groups is 1. The van der Waals surface area contributed by atoms with Crippen molar-refractivity contribution in [3.63, 3.8) is 0 Å². The number of likely N-dealkylation sites (N-methyl/N-ethyl adjacent to an activating group) is 1. The molecule has 1 rings (SSSR count). The van der Waals surface area contributed by atoms with Crippen LogP contribution in [0.15, 0.2) is 12.3 Å². The molecule has 5 nitrogen and oxygen atoms in total. The zero-order chi connectivity index (χ0) is 14.4. The first kappa shape index (κ1) is 15.0. The Hall–Kier alpha value is -2.09. The lowest BCUT2D eigenvalue weighted by molar-refractivity contribution is -0.131.